The molecular weight excluding hydrogens is 248 g/mol. The van der Waals surface area contributed by atoms with E-state index in [-0.39, 0.29) is 0 Å². The van der Waals surface area contributed by atoms with Crippen molar-refractivity contribution >= 4 is 29.5 Å². The number of carboxylic acids is 2. The quantitative estimate of drug-likeness (QED) is 0.436. The molecule has 8 heteroatoms. The van der Waals surface area contributed by atoms with Crippen LogP contribution in [0.5, 0.6) is 0 Å². The van der Waals surface area contributed by atoms with Crippen molar-refractivity contribution < 1.29 is 38.9 Å². The van der Waals surface area contributed by atoms with Crippen molar-refractivity contribution in [1.82, 2.24) is 0 Å². The first-order chi connectivity index (χ1) is 8.22. The van der Waals surface area contributed by atoms with Crippen LogP contribution in [0.2, 0.25) is 0 Å². The van der Waals surface area contributed by atoms with Gasteiger partial charge >= 0.3 is 17.9 Å². The summed E-state index contributed by atoms with van der Waals surface area (Å²) in [6, 6.07) is 0. The van der Waals surface area contributed by atoms with Crippen molar-refractivity contribution in [2.24, 2.45) is 0 Å². The predicted molar refractivity (Wildman–Crippen MR) is 54.7 cm³/mol. The first-order valence-electron chi connectivity index (χ1n) is 4.87. The number of aliphatic carboxylic acids is 2. The molecule has 0 amide bonds. The monoisotopic (exact) mass is 260 g/mol. The molecule has 0 rings (SSSR count). The van der Waals surface area contributed by atoms with Crippen molar-refractivity contribution in [1.29, 1.82) is 0 Å². The normalized spacial score (nSPS) is 11.4. The van der Waals surface area contributed by atoms with E-state index in [9.17, 15) is 24.0 Å². The highest BCUT2D eigenvalue weighted by Gasteiger charge is 2.27. The Labute approximate surface area is 102 Å². The van der Waals surface area contributed by atoms with Gasteiger partial charge in [0, 0.05) is 6.92 Å². The number of hydrogen-bond acceptors (Lipinski definition) is 6. The SMILES string of the molecule is CC(=O)OC(CC(=O)CC(=O)O)C(=O)CC(=O)O. The average molecular weight is 260 g/mol. The van der Waals surface area contributed by atoms with E-state index in [0.717, 1.165) is 6.92 Å². The molecule has 0 radical (unpaired) electrons. The number of esters is 1. The number of carboxylic acid groups (broad SMARTS) is 2. The van der Waals surface area contributed by atoms with Gasteiger partial charge in [-0.3, -0.25) is 24.0 Å². The second-order valence-electron chi connectivity index (χ2n) is 3.45. The summed E-state index contributed by atoms with van der Waals surface area (Å²) in [5, 5.41) is 16.8. The van der Waals surface area contributed by atoms with E-state index in [0.29, 0.717) is 0 Å². The molecule has 0 bridgehead atoms. The molecule has 0 aliphatic rings. The van der Waals surface area contributed by atoms with E-state index in [1.54, 1.807) is 0 Å². The van der Waals surface area contributed by atoms with Gasteiger partial charge in [-0.25, -0.2) is 0 Å². The van der Waals surface area contributed by atoms with Crippen LogP contribution in [0, 0.1) is 0 Å². The fraction of sp³-hybridized carbons (Fsp3) is 0.500. The van der Waals surface area contributed by atoms with E-state index < -0.39 is 54.8 Å². The molecule has 1 unspecified atom stereocenters. The largest absolute Gasteiger partial charge is 0.481 e. The molecule has 18 heavy (non-hydrogen) atoms. The van der Waals surface area contributed by atoms with Crippen molar-refractivity contribution in [2.75, 3.05) is 0 Å². The molecule has 0 aromatic carbocycles. The maximum absolute atomic E-state index is 11.4. The van der Waals surface area contributed by atoms with Crippen LogP contribution in [0.1, 0.15) is 26.2 Å². The fourth-order valence-corrected chi connectivity index (χ4v) is 1.13. The number of carbonyl (C=O) groups is 5. The Balaban J connectivity index is 4.62. The zero-order valence-corrected chi connectivity index (χ0v) is 9.54. The Morgan fingerprint density at radius 2 is 1.50 bits per heavy atom. The van der Waals surface area contributed by atoms with Crippen molar-refractivity contribution in [3.63, 3.8) is 0 Å². The van der Waals surface area contributed by atoms with Gasteiger partial charge < -0.3 is 14.9 Å². The zero-order chi connectivity index (χ0) is 14.3. The van der Waals surface area contributed by atoms with E-state index in [2.05, 4.69) is 4.74 Å². The Bertz CT molecular complexity index is 383. The topological polar surface area (TPSA) is 135 Å². The number of hydrogen-bond donors (Lipinski definition) is 2. The Morgan fingerprint density at radius 1 is 1.00 bits per heavy atom. The number of rotatable bonds is 8. The van der Waals surface area contributed by atoms with Gasteiger partial charge in [-0.05, 0) is 0 Å². The average Bonchev–Trinajstić information content (AvgIpc) is 2.13. The Kier molecular flexibility index (Phi) is 6.26. The molecule has 0 spiro atoms. The number of ether oxygens (including phenoxy) is 1. The minimum Gasteiger partial charge on any atom is -0.481 e. The van der Waals surface area contributed by atoms with E-state index >= 15 is 0 Å². The summed E-state index contributed by atoms with van der Waals surface area (Å²) < 4.78 is 4.50. The van der Waals surface area contributed by atoms with Crippen LogP contribution < -0.4 is 0 Å². The van der Waals surface area contributed by atoms with Crippen LogP contribution in [0.15, 0.2) is 0 Å². The molecule has 0 saturated heterocycles. The summed E-state index contributed by atoms with van der Waals surface area (Å²) in [5.74, 6) is -5.46. The number of ketones is 2. The molecule has 0 aromatic heterocycles. The highest BCUT2D eigenvalue weighted by molar-refractivity contribution is 6.02. The molecule has 8 nitrogen and oxygen atoms in total. The van der Waals surface area contributed by atoms with Gasteiger partial charge in [-0.2, -0.15) is 0 Å². The van der Waals surface area contributed by atoms with Crippen molar-refractivity contribution in [2.45, 2.75) is 32.3 Å². The van der Waals surface area contributed by atoms with Gasteiger partial charge in [0.05, 0.1) is 6.42 Å². The molecule has 0 heterocycles. The number of Topliss-reactive ketones (excluding diaryl/α,β-unsaturated/α-hetero) is 2. The van der Waals surface area contributed by atoms with Crippen LogP contribution in [0.25, 0.3) is 0 Å². The minimum absolute atomic E-state index is 0.641. The zero-order valence-electron chi connectivity index (χ0n) is 9.54. The van der Waals surface area contributed by atoms with Crippen LogP contribution >= 0.6 is 0 Å². The van der Waals surface area contributed by atoms with E-state index in [4.69, 9.17) is 10.2 Å². The number of carbonyl (C=O) groups excluding carboxylic acids is 3. The third kappa shape index (κ3) is 7.09. The van der Waals surface area contributed by atoms with Crippen LogP contribution in [-0.4, -0.2) is 45.8 Å². The molecule has 100 valence electrons. The molecule has 2 N–H and O–H groups in total. The third-order valence-corrected chi connectivity index (χ3v) is 1.75. The standard InChI is InChI=1S/C10H12O8/c1-5(11)18-8(7(13)4-10(16)17)2-6(12)3-9(14)15/h8H,2-4H2,1H3,(H,14,15)(H,16,17). The summed E-state index contributed by atoms with van der Waals surface area (Å²) in [6.07, 6.45) is -3.92. The fourth-order valence-electron chi connectivity index (χ4n) is 1.13. The lowest BCUT2D eigenvalue weighted by molar-refractivity contribution is -0.157. The highest BCUT2D eigenvalue weighted by atomic mass is 16.5. The van der Waals surface area contributed by atoms with E-state index in [1.807, 2.05) is 0 Å². The third-order valence-electron chi connectivity index (χ3n) is 1.75. The lowest BCUT2D eigenvalue weighted by Gasteiger charge is -2.13. The summed E-state index contributed by atoms with van der Waals surface area (Å²) in [6.45, 7) is 0.989. The van der Waals surface area contributed by atoms with Gasteiger partial charge in [0.2, 0.25) is 0 Å². The van der Waals surface area contributed by atoms with Crippen LogP contribution in [0.4, 0.5) is 0 Å². The Morgan fingerprint density at radius 3 is 1.89 bits per heavy atom. The lowest BCUT2D eigenvalue weighted by atomic mass is 10.0. The first kappa shape index (κ1) is 15.8. The predicted octanol–water partition coefficient (Wildman–Crippen LogP) is -0.604. The molecule has 0 fully saturated rings. The summed E-state index contributed by atoms with van der Waals surface area (Å²) in [4.78, 5) is 53.8. The summed E-state index contributed by atoms with van der Waals surface area (Å²) in [7, 11) is 0. The second kappa shape index (κ2) is 7.15. The summed E-state index contributed by atoms with van der Waals surface area (Å²) in [5.41, 5.74) is 0. The van der Waals surface area contributed by atoms with Gasteiger partial charge in [0.25, 0.3) is 0 Å². The maximum atomic E-state index is 11.4. The molecule has 0 aliphatic heterocycles. The molecular formula is C10H12O8. The van der Waals surface area contributed by atoms with E-state index in [1.165, 1.54) is 0 Å². The van der Waals surface area contributed by atoms with Gasteiger partial charge in [0.1, 0.15) is 18.6 Å². The first-order valence-corrected chi connectivity index (χ1v) is 4.87. The lowest BCUT2D eigenvalue weighted by Crippen LogP contribution is -2.31. The molecule has 1 atom stereocenters. The smallest absolute Gasteiger partial charge is 0.311 e. The molecule has 0 aliphatic carbocycles. The van der Waals surface area contributed by atoms with Crippen molar-refractivity contribution in [3.8, 4) is 0 Å². The second-order valence-corrected chi connectivity index (χ2v) is 3.45. The maximum Gasteiger partial charge on any atom is 0.311 e. The highest BCUT2D eigenvalue weighted by Crippen LogP contribution is 2.07. The molecule has 0 aromatic rings. The minimum atomic E-state index is -1.55. The van der Waals surface area contributed by atoms with Gasteiger partial charge in [0.15, 0.2) is 11.9 Å². The van der Waals surface area contributed by atoms with Gasteiger partial charge in [-0.15, -0.1) is 0 Å². The van der Waals surface area contributed by atoms with Crippen LogP contribution in [-0.2, 0) is 28.7 Å². The summed E-state index contributed by atoms with van der Waals surface area (Å²) >= 11 is 0. The Hall–Kier alpha value is -2.25. The van der Waals surface area contributed by atoms with Crippen LogP contribution in [0.3, 0.4) is 0 Å². The molecule has 0 saturated carbocycles. The van der Waals surface area contributed by atoms with Crippen molar-refractivity contribution in [3.05, 3.63) is 0 Å². The van der Waals surface area contributed by atoms with Gasteiger partial charge in [-0.1, -0.05) is 0 Å².